The van der Waals surface area contributed by atoms with Crippen LogP contribution in [0.2, 0.25) is 0 Å². The Hall–Kier alpha value is -1.22. The molecule has 0 saturated carbocycles. The normalized spacial score (nSPS) is 13.5. The molecule has 15 heavy (non-hydrogen) atoms. The van der Waals surface area contributed by atoms with Crippen LogP contribution in [0.4, 0.5) is 0 Å². The summed E-state index contributed by atoms with van der Waals surface area (Å²) in [5.41, 5.74) is 1.28. The number of benzene rings is 1. The van der Waals surface area contributed by atoms with Crippen molar-refractivity contribution in [3.05, 3.63) is 23.8 Å². The van der Waals surface area contributed by atoms with Crippen molar-refractivity contribution < 1.29 is 9.47 Å². The number of ether oxygens (including phenoxy) is 2. The first-order valence-electron chi connectivity index (χ1n) is 5.44. The average Bonchev–Trinajstić information content (AvgIpc) is 2.73. The van der Waals surface area contributed by atoms with Gasteiger partial charge in [-0.05, 0) is 30.8 Å². The smallest absolute Gasteiger partial charge is 0.231 e. The van der Waals surface area contributed by atoms with Crippen molar-refractivity contribution in [3.63, 3.8) is 0 Å². The SMILES string of the molecule is CCN(CC)Cc1ccc2c(c1)OCO2. The van der Waals surface area contributed by atoms with Gasteiger partial charge in [-0.3, -0.25) is 4.90 Å². The molecule has 1 heterocycles. The molecule has 3 nitrogen and oxygen atoms in total. The molecule has 0 spiro atoms. The van der Waals surface area contributed by atoms with Gasteiger partial charge < -0.3 is 9.47 Å². The zero-order chi connectivity index (χ0) is 10.7. The van der Waals surface area contributed by atoms with Crippen molar-refractivity contribution in [1.29, 1.82) is 0 Å². The van der Waals surface area contributed by atoms with Gasteiger partial charge in [-0.25, -0.2) is 0 Å². The summed E-state index contributed by atoms with van der Waals surface area (Å²) in [4.78, 5) is 2.37. The van der Waals surface area contributed by atoms with Crippen LogP contribution in [0.1, 0.15) is 19.4 Å². The lowest BCUT2D eigenvalue weighted by Crippen LogP contribution is -2.21. The van der Waals surface area contributed by atoms with Crippen LogP contribution < -0.4 is 9.47 Å². The maximum Gasteiger partial charge on any atom is 0.231 e. The largest absolute Gasteiger partial charge is 0.454 e. The molecule has 0 aromatic heterocycles. The molecule has 0 unspecified atom stereocenters. The number of hydrogen-bond acceptors (Lipinski definition) is 3. The maximum absolute atomic E-state index is 5.35. The lowest BCUT2D eigenvalue weighted by molar-refractivity contribution is 0.174. The van der Waals surface area contributed by atoms with E-state index in [-0.39, 0.29) is 0 Å². The summed E-state index contributed by atoms with van der Waals surface area (Å²) in [7, 11) is 0. The van der Waals surface area contributed by atoms with Crippen molar-refractivity contribution in [3.8, 4) is 11.5 Å². The molecular weight excluding hydrogens is 190 g/mol. The summed E-state index contributed by atoms with van der Waals surface area (Å²) >= 11 is 0. The van der Waals surface area contributed by atoms with Crippen LogP contribution in [0, 0.1) is 0 Å². The summed E-state index contributed by atoms with van der Waals surface area (Å²) in [6.07, 6.45) is 0. The Kier molecular flexibility index (Phi) is 3.11. The van der Waals surface area contributed by atoms with E-state index in [9.17, 15) is 0 Å². The molecule has 3 heteroatoms. The first kappa shape index (κ1) is 10.3. The molecule has 0 aliphatic carbocycles. The fourth-order valence-electron chi connectivity index (χ4n) is 1.74. The van der Waals surface area contributed by atoms with Crippen LogP contribution in [0.25, 0.3) is 0 Å². The Morgan fingerprint density at radius 2 is 1.87 bits per heavy atom. The molecule has 1 aromatic rings. The summed E-state index contributed by atoms with van der Waals surface area (Å²) in [6.45, 7) is 7.83. The lowest BCUT2D eigenvalue weighted by Gasteiger charge is -2.17. The van der Waals surface area contributed by atoms with Gasteiger partial charge in [-0.1, -0.05) is 19.9 Å². The van der Waals surface area contributed by atoms with E-state index >= 15 is 0 Å². The van der Waals surface area contributed by atoms with E-state index in [2.05, 4.69) is 30.9 Å². The molecule has 0 atom stereocenters. The third-order valence-electron chi connectivity index (χ3n) is 2.74. The molecule has 82 valence electrons. The first-order chi connectivity index (χ1) is 7.33. The van der Waals surface area contributed by atoms with E-state index in [4.69, 9.17) is 9.47 Å². The van der Waals surface area contributed by atoms with Crippen LogP contribution in [0.15, 0.2) is 18.2 Å². The first-order valence-corrected chi connectivity index (χ1v) is 5.44. The summed E-state index contributed by atoms with van der Waals surface area (Å²) in [5, 5.41) is 0. The predicted molar refractivity (Wildman–Crippen MR) is 59.2 cm³/mol. The van der Waals surface area contributed by atoms with Crippen molar-refractivity contribution in [2.24, 2.45) is 0 Å². The van der Waals surface area contributed by atoms with E-state index in [0.717, 1.165) is 31.1 Å². The van der Waals surface area contributed by atoms with Gasteiger partial charge in [0.1, 0.15) is 0 Å². The molecule has 2 rings (SSSR count). The third-order valence-corrected chi connectivity index (χ3v) is 2.74. The molecule has 1 aliphatic heterocycles. The van der Waals surface area contributed by atoms with Gasteiger partial charge in [0.15, 0.2) is 11.5 Å². The van der Waals surface area contributed by atoms with Gasteiger partial charge in [-0.2, -0.15) is 0 Å². The van der Waals surface area contributed by atoms with Crippen molar-refractivity contribution >= 4 is 0 Å². The molecule has 0 fully saturated rings. The molecule has 0 saturated heterocycles. The second-order valence-electron chi connectivity index (χ2n) is 3.65. The topological polar surface area (TPSA) is 21.7 Å². The second-order valence-corrected chi connectivity index (χ2v) is 3.65. The number of nitrogens with zero attached hydrogens (tertiary/aromatic N) is 1. The Labute approximate surface area is 90.6 Å². The molecule has 0 amide bonds. The van der Waals surface area contributed by atoms with Gasteiger partial charge in [-0.15, -0.1) is 0 Å². The Balaban J connectivity index is 2.09. The Bertz CT molecular complexity index is 334. The van der Waals surface area contributed by atoms with E-state index < -0.39 is 0 Å². The van der Waals surface area contributed by atoms with E-state index in [0.29, 0.717) is 6.79 Å². The highest BCUT2D eigenvalue weighted by atomic mass is 16.7. The summed E-state index contributed by atoms with van der Waals surface area (Å²) < 4.78 is 10.6. The zero-order valence-corrected chi connectivity index (χ0v) is 9.32. The van der Waals surface area contributed by atoms with Crippen LogP contribution in [0.3, 0.4) is 0 Å². The minimum Gasteiger partial charge on any atom is -0.454 e. The van der Waals surface area contributed by atoms with Crippen molar-refractivity contribution in [2.75, 3.05) is 19.9 Å². The maximum atomic E-state index is 5.35. The van der Waals surface area contributed by atoms with Crippen molar-refractivity contribution in [1.82, 2.24) is 4.90 Å². The van der Waals surface area contributed by atoms with Crippen molar-refractivity contribution in [2.45, 2.75) is 20.4 Å². The monoisotopic (exact) mass is 207 g/mol. The Morgan fingerprint density at radius 1 is 1.13 bits per heavy atom. The fraction of sp³-hybridized carbons (Fsp3) is 0.500. The highest BCUT2D eigenvalue weighted by Crippen LogP contribution is 2.32. The summed E-state index contributed by atoms with van der Waals surface area (Å²) in [6, 6.07) is 6.16. The third kappa shape index (κ3) is 2.23. The minimum atomic E-state index is 0.351. The molecule has 0 radical (unpaired) electrons. The van der Waals surface area contributed by atoms with Crippen LogP contribution in [0.5, 0.6) is 11.5 Å². The summed E-state index contributed by atoms with van der Waals surface area (Å²) in [5.74, 6) is 1.73. The molecule has 0 bridgehead atoms. The highest BCUT2D eigenvalue weighted by Gasteiger charge is 2.13. The minimum absolute atomic E-state index is 0.351. The van der Waals surface area contributed by atoms with Crippen LogP contribution in [-0.2, 0) is 6.54 Å². The molecule has 0 N–H and O–H groups in total. The van der Waals surface area contributed by atoms with E-state index in [1.807, 2.05) is 6.07 Å². The van der Waals surface area contributed by atoms with Gasteiger partial charge in [0.2, 0.25) is 6.79 Å². The zero-order valence-electron chi connectivity index (χ0n) is 9.32. The average molecular weight is 207 g/mol. The second kappa shape index (κ2) is 4.53. The van der Waals surface area contributed by atoms with Gasteiger partial charge in [0.25, 0.3) is 0 Å². The predicted octanol–water partition coefficient (Wildman–Crippen LogP) is 2.26. The molecule has 1 aromatic carbocycles. The van der Waals surface area contributed by atoms with Gasteiger partial charge >= 0.3 is 0 Å². The van der Waals surface area contributed by atoms with Gasteiger partial charge in [0.05, 0.1) is 0 Å². The molecule has 1 aliphatic rings. The van der Waals surface area contributed by atoms with E-state index in [1.54, 1.807) is 0 Å². The lowest BCUT2D eigenvalue weighted by atomic mass is 10.2. The number of hydrogen-bond donors (Lipinski definition) is 0. The molecular formula is C12H17NO2. The number of fused-ring (bicyclic) bond motifs is 1. The highest BCUT2D eigenvalue weighted by molar-refractivity contribution is 5.44. The standard InChI is InChI=1S/C12H17NO2/c1-3-13(4-2)8-10-5-6-11-12(7-10)15-9-14-11/h5-7H,3-4,8-9H2,1-2H3. The Morgan fingerprint density at radius 3 is 2.60 bits per heavy atom. The quantitative estimate of drug-likeness (QED) is 0.756. The van der Waals surface area contributed by atoms with E-state index in [1.165, 1.54) is 5.56 Å². The van der Waals surface area contributed by atoms with Crippen LogP contribution >= 0.6 is 0 Å². The number of rotatable bonds is 4. The van der Waals surface area contributed by atoms with Crippen LogP contribution in [-0.4, -0.2) is 24.8 Å². The fourth-order valence-corrected chi connectivity index (χ4v) is 1.74. The van der Waals surface area contributed by atoms with Gasteiger partial charge in [0, 0.05) is 6.54 Å².